The maximum Gasteiger partial charge on any atom is 0.224 e. The highest BCUT2D eigenvalue weighted by Crippen LogP contribution is 2.34. The number of aromatic nitrogens is 6. The summed E-state index contributed by atoms with van der Waals surface area (Å²) in [7, 11) is -3.20. The number of carbonyl (C=O) groups is 1. The molecule has 3 N–H and O–H groups in total. The Labute approximate surface area is 246 Å². The lowest BCUT2D eigenvalue weighted by molar-refractivity contribution is -0.116. The Hall–Kier alpha value is -4.97. The summed E-state index contributed by atoms with van der Waals surface area (Å²) >= 11 is 0. The molecule has 0 aliphatic carbocycles. The molecule has 0 unspecified atom stereocenters. The van der Waals surface area contributed by atoms with Crippen molar-refractivity contribution in [2.24, 2.45) is 0 Å². The smallest absolute Gasteiger partial charge is 0.224 e. The van der Waals surface area contributed by atoms with Gasteiger partial charge in [-0.2, -0.15) is 5.10 Å². The van der Waals surface area contributed by atoms with Crippen LogP contribution in [0.25, 0.3) is 55.7 Å². The molecule has 6 aromatic rings. The second kappa shape index (κ2) is 11.4. The summed E-state index contributed by atoms with van der Waals surface area (Å²) in [5.41, 5.74) is 6.65. The Morgan fingerprint density at radius 1 is 0.977 bits per heavy atom. The second-order valence-electron chi connectivity index (χ2n) is 10.5. The predicted molar refractivity (Wildman–Crippen MR) is 165 cm³/mol. The maximum absolute atomic E-state index is 14.6. The van der Waals surface area contributed by atoms with Crippen molar-refractivity contribution in [1.82, 2.24) is 30.1 Å². The van der Waals surface area contributed by atoms with Gasteiger partial charge >= 0.3 is 0 Å². The van der Waals surface area contributed by atoms with Crippen molar-refractivity contribution in [3.8, 4) is 33.8 Å². The zero-order valence-electron chi connectivity index (χ0n) is 23.5. The first kappa shape index (κ1) is 28.2. The summed E-state index contributed by atoms with van der Waals surface area (Å²) in [6.45, 7) is 1.95. The molecule has 0 saturated heterocycles. The van der Waals surface area contributed by atoms with E-state index in [0.29, 0.717) is 40.3 Å². The number of hydrogen-bond acceptors (Lipinski definition) is 7. The lowest BCUT2D eigenvalue weighted by atomic mass is 10.0. The number of rotatable bonds is 9. The van der Waals surface area contributed by atoms with Crippen LogP contribution in [0.4, 0.5) is 10.1 Å². The summed E-state index contributed by atoms with van der Waals surface area (Å²) in [6.07, 6.45) is 9.22. The van der Waals surface area contributed by atoms with Crippen LogP contribution in [0, 0.1) is 5.82 Å². The number of nitrogens with one attached hydrogen (secondary N) is 3. The third-order valence-electron chi connectivity index (χ3n) is 7.05. The van der Waals surface area contributed by atoms with Crippen LogP contribution in [0.15, 0.2) is 67.3 Å². The molecule has 0 fully saturated rings. The minimum absolute atomic E-state index is 0.0665. The van der Waals surface area contributed by atoms with E-state index in [-0.39, 0.29) is 18.1 Å². The molecule has 0 radical (unpaired) electrons. The van der Waals surface area contributed by atoms with E-state index in [0.717, 1.165) is 45.8 Å². The van der Waals surface area contributed by atoms with Crippen molar-refractivity contribution in [2.75, 3.05) is 17.3 Å². The number of aryl methyl sites for hydroxylation is 1. The predicted octanol–water partition coefficient (Wildman–Crippen LogP) is 5.70. The van der Waals surface area contributed by atoms with Crippen LogP contribution in [0.1, 0.15) is 25.3 Å². The molecule has 5 heterocycles. The first-order valence-corrected chi connectivity index (χ1v) is 15.8. The molecule has 0 aliphatic rings. The fourth-order valence-electron chi connectivity index (χ4n) is 5.03. The van der Waals surface area contributed by atoms with Gasteiger partial charge in [0.25, 0.3) is 0 Å². The molecular formula is C31H28FN7O3S. The average Bonchev–Trinajstić information content (AvgIpc) is 3.59. The van der Waals surface area contributed by atoms with E-state index in [1.54, 1.807) is 30.9 Å². The number of H-pyrrole nitrogens is 2. The van der Waals surface area contributed by atoms with E-state index in [1.807, 2.05) is 31.2 Å². The number of amides is 1. The van der Waals surface area contributed by atoms with E-state index >= 15 is 0 Å². The van der Waals surface area contributed by atoms with Crippen molar-refractivity contribution in [2.45, 2.75) is 26.2 Å². The number of sulfone groups is 1. The molecule has 12 heteroatoms. The summed E-state index contributed by atoms with van der Waals surface area (Å²) in [6, 6.07) is 12.1. The van der Waals surface area contributed by atoms with E-state index in [2.05, 4.69) is 35.5 Å². The van der Waals surface area contributed by atoms with E-state index in [4.69, 9.17) is 0 Å². The Balaban J connectivity index is 1.37. The van der Waals surface area contributed by atoms with Gasteiger partial charge in [0.1, 0.15) is 15.7 Å². The van der Waals surface area contributed by atoms with Crippen LogP contribution in [0.2, 0.25) is 0 Å². The van der Waals surface area contributed by atoms with E-state index in [1.165, 1.54) is 12.1 Å². The lowest BCUT2D eigenvalue weighted by Crippen LogP contribution is -2.10. The monoisotopic (exact) mass is 597 g/mol. The molecule has 43 heavy (non-hydrogen) atoms. The van der Waals surface area contributed by atoms with Gasteiger partial charge in [0.05, 0.1) is 34.7 Å². The number of pyridine rings is 3. The summed E-state index contributed by atoms with van der Waals surface area (Å²) in [4.78, 5) is 28.8. The van der Waals surface area contributed by atoms with Crippen LogP contribution in [0.3, 0.4) is 0 Å². The van der Waals surface area contributed by atoms with Gasteiger partial charge in [0.2, 0.25) is 5.91 Å². The summed E-state index contributed by atoms with van der Waals surface area (Å²) in [5, 5.41) is 11.9. The number of halogens is 1. The van der Waals surface area contributed by atoms with Gasteiger partial charge in [-0.25, -0.2) is 17.8 Å². The van der Waals surface area contributed by atoms with Gasteiger partial charge in [-0.1, -0.05) is 6.92 Å². The normalized spacial score (nSPS) is 11.8. The summed E-state index contributed by atoms with van der Waals surface area (Å²) in [5.74, 6) is -0.598. The largest absolute Gasteiger partial charge is 0.353 e. The van der Waals surface area contributed by atoms with Crippen LogP contribution in [-0.2, 0) is 21.1 Å². The molecule has 0 bridgehead atoms. The van der Waals surface area contributed by atoms with Gasteiger partial charge in [0, 0.05) is 64.2 Å². The molecule has 0 aliphatic heterocycles. The highest BCUT2D eigenvalue weighted by Gasteiger charge is 2.17. The number of benzene rings is 1. The van der Waals surface area contributed by atoms with Crippen LogP contribution in [0.5, 0.6) is 0 Å². The zero-order chi connectivity index (χ0) is 30.1. The van der Waals surface area contributed by atoms with Gasteiger partial charge in [-0.3, -0.25) is 19.9 Å². The number of fused-ring (bicyclic) bond motifs is 2. The van der Waals surface area contributed by atoms with Gasteiger partial charge < -0.3 is 10.3 Å². The highest BCUT2D eigenvalue weighted by molar-refractivity contribution is 7.90. The van der Waals surface area contributed by atoms with Crippen molar-refractivity contribution in [1.29, 1.82) is 0 Å². The summed E-state index contributed by atoms with van der Waals surface area (Å²) < 4.78 is 37.9. The zero-order valence-corrected chi connectivity index (χ0v) is 24.3. The van der Waals surface area contributed by atoms with Crippen molar-refractivity contribution in [3.63, 3.8) is 0 Å². The minimum Gasteiger partial charge on any atom is -0.353 e. The van der Waals surface area contributed by atoms with Gasteiger partial charge in [-0.15, -0.1) is 0 Å². The van der Waals surface area contributed by atoms with Gasteiger partial charge in [0.15, 0.2) is 5.65 Å². The number of carbonyl (C=O) groups excluding carboxylic acids is 1. The SMILES string of the molecule is CCCC(=O)Nc1cncc(-c2cnc3n[nH]c(-c4cc5c(-c6cc(F)cc(CCS(C)(=O)=O)c6)nccc5[nH]4)c3c2)c1. The Kier molecular flexibility index (Phi) is 7.45. The van der Waals surface area contributed by atoms with Crippen LogP contribution < -0.4 is 5.32 Å². The first-order chi connectivity index (χ1) is 20.7. The third-order valence-corrected chi connectivity index (χ3v) is 8.00. The van der Waals surface area contributed by atoms with Crippen LogP contribution >= 0.6 is 0 Å². The molecule has 10 nitrogen and oxygen atoms in total. The van der Waals surface area contributed by atoms with Crippen molar-refractivity contribution in [3.05, 3.63) is 78.6 Å². The topological polar surface area (TPSA) is 146 Å². The van der Waals surface area contributed by atoms with E-state index < -0.39 is 15.7 Å². The Morgan fingerprint density at radius 3 is 2.63 bits per heavy atom. The number of anilines is 1. The average molecular weight is 598 g/mol. The first-order valence-electron chi connectivity index (χ1n) is 13.7. The highest BCUT2D eigenvalue weighted by atomic mass is 32.2. The van der Waals surface area contributed by atoms with E-state index in [9.17, 15) is 17.6 Å². The maximum atomic E-state index is 14.6. The third kappa shape index (κ3) is 6.14. The molecule has 0 atom stereocenters. The molecule has 5 aromatic heterocycles. The standard InChI is InChI=1S/C31H28FN7O3S/c1-3-4-28(40)36-23-12-20(15-33-17-23)21-13-25-30(38-39-31(25)35-16-21)27-14-24-26(37-27)5-7-34-29(24)19-9-18(10-22(32)11-19)6-8-43(2,41)42/h5,7,9-17,37H,3-4,6,8H2,1-2H3,(H,36,40)(H,35,38,39). The fourth-order valence-corrected chi connectivity index (χ4v) is 5.64. The number of hydrogen-bond donors (Lipinski definition) is 3. The second-order valence-corrected chi connectivity index (χ2v) is 12.7. The molecule has 1 aromatic carbocycles. The van der Waals surface area contributed by atoms with Crippen molar-refractivity contribution >= 4 is 43.4 Å². The number of nitrogens with zero attached hydrogens (tertiary/aromatic N) is 4. The fraction of sp³-hybridized carbons (Fsp3) is 0.194. The molecular weight excluding hydrogens is 569 g/mol. The van der Waals surface area contributed by atoms with Crippen molar-refractivity contribution < 1.29 is 17.6 Å². The molecule has 6 rings (SSSR count). The molecule has 218 valence electrons. The Morgan fingerprint density at radius 2 is 1.81 bits per heavy atom. The quantitative estimate of drug-likeness (QED) is 0.194. The minimum atomic E-state index is -3.20. The molecule has 0 spiro atoms. The molecule has 1 amide bonds. The molecule has 0 saturated carbocycles. The van der Waals surface area contributed by atoms with Crippen LogP contribution in [-0.4, -0.2) is 56.5 Å². The lowest BCUT2D eigenvalue weighted by Gasteiger charge is -2.07. The van der Waals surface area contributed by atoms with Gasteiger partial charge in [-0.05, 0) is 60.9 Å². The number of aromatic amines is 2. The Bertz CT molecular complexity index is 2100.